The van der Waals surface area contributed by atoms with Gasteiger partial charge in [-0.1, -0.05) is 23.9 Å². The Bertz CT molecular complexity index is 734. The van der Waals surface area contributed by atoms with E-state index in [0.717, 1.165) is 17.1 Å². The molecule has 2 aromatic rings. The monoisotopic (exact) mass is 363 g/mol. The first kappa shape index (κ1) is 17.6. The Morgan fingerprint density at radius 2 is 2.08 bits per heavy atom. The maximum Gasteiger partial charge on any atom is 0.236 e. The van der Waals surface area contributed by atoms with Gasteiger partial charge in [0.1, 0.15) is 16.8 Å². The summed E-state index contributed by atoms with van der Waals surface area (Å²) in [5.74, 6) is 1.45. The molecule has 2 heterocycles. The van der Waals surface area contributed by atoms with Crippen LogP contribution in [0, 0.1) is 6.92 Å². The van der Waals surface area contributed by atoms with Crippen LogP contribution in [0.4, 0.5) is 0 Å². The zero-order valence-corrected chi connectivity index (χ0v) is 15.2. The molecule has 0 radical (unpaired) electrons. The minimum atomic E-state index is -0.374. The number of thioether (sulfide) groups is 1. The molecule has 3 rings (SSSR count). The third-order valence-corrected chi connectivity index (χ3v) is 5.15. The number of amides is 1. The minimum Gasteiger partial charge on any atom is -0.497 e. The van der Waals surface area contributed by atoms with Crippen molar-refractivity contribution in [1.29, 1.82) is 0 Å². The van der Waals surface area contributed by atoms with Gasteiger partial charge in [0.2, 0.25) is 11.1 Å². The summed E-state index contributed by atoms with van der Waals surface area (Å²) < 4.78 is 12.0. The van der Waals surface area contributed by atoms with Crippen molar-refractivity contribution in [3.63, 3.8) is 0 Å². The van der Waals surface area contributed by atoms with Crippen LogP contribution in [0.3, 0.4) is 0 Å². The Hall–Kier alpha value is -2.26. The summed E-state index contributed by atoms with van der Waals surface area (Å²) in [6, 6.07) is 7.46. The molecule has 1 aliphatic heterocycles. The van der Waals surface area contributed by atoms with E-state index >= 15 is 0 Å². The molecule has 0 saturated heterocycles. The van der Waals surface area contributed by atoms with Gasteiger partial charge in [0.15, 0.2) is 0 Å². The Labute approximate surface area is 150 Å². The lowest BCUT2D eigenvalue weighted by Crippen LogP contribution is -2.44. The quantitative estimate of drug-likeness (QED) is 0.743. The van der Waals surface area contributed by atoms with Crippen LogP contribution >= 0.6 is 11.8 Å². The van der Waals surface area contributed by atoms with E-state index in [2.05, 4.69) is 20.9 Å². The topological polar surface area (TPSA) is 90.3 Å². The molecule has 1 aliphatic rings. The SMILES string of the molecule is COCCNC(=O)C1Sc2nnc(C)n2NC1c1ccc(OC)cc1. The highest BCUT2D eigenvalue weighted by Gasteiger charge is 2.37. The minimum absolute atomic E-state index is 0.0673. The number of carbonyl (C=O) groups excluding carboxylic acids is 1. The normalized spacial score (nSPS) is 19.0. The van der Waals surface area contributed by atoms with Crippen LogP contribution in [0.25, 0.3) is 0 Å². The Morgan fingerprint density at radius 1 is 1.32 bits per heavy atom. The van der Waals surface area contributed by atoms with Crippen molar-refractivity contribution in [2.45, 2.75) is 23.4 Å². The van der Waals surface area contributed by atoms with Crippen LogP contribution in [0.2, 0.25) is 0 Å². The van der Waals surface area contributed by atoms with Crippen LogP contribution < -0.4 is 15.5 Å². The lowest BCUT2D eigenvalue weighted by molar-refractivity contribution is -0.121. The molecule has 2 atom stereocenters. The molecule has 8 nitrogen and oxygen atoms in total. The third-order valence-electron chi connectivity index (χ3n) is 3.94. The first-order chi connectivity index (χ1) is 12.1. The maximum atomic E-state index is 12.7. The van der Waals surface area contributed by atoms with E-state index in [0.29, 0.717) is 18.3 Å². The van der Waals surface area contributed by atoms with Gasteiger partial charge in [-0.05, 0) is 24.6 Å². The molecule has 134 valence electrons. The van der Waals surface area contributed by atoms with E-state index in [1.807, 2.05) is 35.9 Å². The summed E-state index contributed by atoms with van der Waals surface area (Å²) >= 11 is 1.40. The predicted molar refractivity (Wildman–Crippen MR) is 94.4 cm³/mol. The first-order valence-electron chi connectivity index (χ1n) is 7.90. The Kier molecular flexibility index (Phi) is 5.44. The lowest BCUT2D eigenvalue weighted by Gasteiger charge is -2.32. The van der Waals surface area contributed by atoms with E-state index in [9.17, 15) is 4.79 Å². The largest absolute Gasteiger partial charge is 0.497 e. The molecule has 1 amide bonds. The third kappa shape index (κ3) is 3.72. The fourth-order valence-electron chi connectivity index (χ4n) is 2.60. The first-order valence-corrected chi connectivity index (χ1v) is 8.78. The summed E-state index contributed by atoms with van der Waals surface area (Å²) in [6.45, 7) is 2.81. The second-order valence-electron chi connectivity index (χ2n) is 5.57. The van der Waals surface area contributed by atoms with Crippen LogP contribution in [-0.2, 0) is 9.53 Å². The Balaban J connectivity index is 1.87. The van der Waals surface area contributed by atoms with E-state index in [1.54, 1.807) is 14.2 Å². The molecular weight excluding hydrogens is 342 g/mol. The molecule has 0 aliphatic carbocycles. The van der Waals surface area contributed by atoms with Gasteiger partial charge in [0.25, 0.3) is 0 Å². The van der Waals surface area contributed by atoms with Crippen molar-refractivity contribution in [1.82, 2.24) is 20.2 Å². The standard InChI is InChI=1S/C16H21N5O3S/c1-10-18-19-16-21(10)20-13(11-4-6-12(24-3)7-5-11)14(25-16)15(22)17-8-9-23-2/h4-7,13-14,20H,8-9H2,1-3H3,(H,17,22). The average molecular weight is 363 g/mol. The summed E-state index contributed by atoms with van der Waals surface area (Å²) in [7, 11) is 3.23. The average Bonchev–Trinajstić information content (AvgIpc) is 3.01. The van der Waals surface area contributed by atoms with Crippen molar-refractivity contribution in [3.05, 3.63) is 35.7 Å². The molecule has 1 aromatic carbocycles. The number of aryl methyl sites for hydroxylation is 1. The molecule has 1 aromatic heterocycles. The fourth-order valence-corrected chi connectivity index (χ4v) is 3.75. The van der Waals surface area contributed by atoms with Gasteiger partial charge in [0, 0.05) is 13.7 Å². The zero-order chi connectivity index (χ0) is 17.8. The van der Waals surface area contributed by atoms with E-state index in [-0.39, 0.29) is 17.2 Å². The van der Waals surface area contributed by atoms with Crippen LogP contribution in [-0.4, -0.2) is 53.4 Å². The molecule has 0 saturated carbocycles. The summed E-state index contributed by atoms with van der Waals surface area (Å²) in [5.41, 5.74) is 4.34. The highest BCUT2D eigenvalue weighted by molar-refractivity contribution is 8.00. The number of ether oxygens (including phenoxy) is 2. The number of nitrogens with one attached hydrogen (secondary N) is 2. The van der Waals surface area contributed by atoms with Gasteiger partial charge < -0.3 is 20.2 Å². The van der Waals surface area contributed by atoms with Crippen molar-refractivity contribution in [3.8, 4) is 5.75 Å². The molecule has 0 fully saturated rings. The number of methoxy groups -OCH3 is 2. The van der Waals surface area contributed by atoms with Gasteiger partial charge in [0.05, 0.1) is 19.8 Å². The number of nitrogens with zero attached hydrogens (tertiary/aromatic N) is 3. The van der Waals surface area contributed by atoms with Crippen molar-refractivity contribution in [2.24, 2.45) is 0 Å². The number of hydrogen-bond donors (Lipinski definition) is 2. The van der Waals surface area contributed by atoms with E-state index in [4.69, 9.17) is 9.47 Å². The summed E-state index contributed by atoms with van der Waals surface area (Å²) in [5, 5.41) is 11.4. The fraction of sp³-hybridized carbons (Fsp3) is 0.438. The van der Waals surface area contributed by atoms with Crippen molar-refractivity contribution < 1.29 is 14.3 Å². The van der Waals surface area contributed by atoms with E-state index in [1.165, 1.54) is 11.8 Å². The predicted octanol–water partition coefficient (Wildman–Crippen LogP) is 1.12. The van der Waals surface area contributed by atoms with Gasteiger partial charge in [-0.25, -0.2) is 4.68 Å². The summed E-state index contributed by atoms with van der Waals surface area (Å²) in [6.07, 6.45) is 0. The molecule has 0 bridgehead atoms. The van der Waals surface area contributed by atoms with Crippen molar-refractivity contribution in [2.75, 3.05) is 32.8 Å². The second kappa shape index (κ2) is 7.75. The molecule has 2 unspecified atom stereocenters. The van der Waals surface area contributed by atoms with Gasteiger partial charge >= 0.3 is 0 Å². The van der Waals surface area contributed by atoms with Gasteiger partial charge in [-0.2, -0.15) is 0 Å². The maximum absolute atomic E-state index is 12.7. The highest BCUT2D eigenvalue weighted by Crippen LogP contribution is 2.37. The molecule has 0 spiro atoms. The number of fused-ring (bicyclic) bond motifs is 1. The zero-order valence-electron chi connectivity index (χ0n) is 14.4. The number of benzene rings is 1. The van der Waals surface area contributed by atoms with Crippen LogP contribution in [0.15, 0.2) is 29.4 Å². The summed E-state index contributed by atoms with van der Waals surface area (Å²) in [4.78, 5) is 12.7. The smallest absolute Gasteiger partial charge is 0.236 e. The van der Waals surface area contributed by atoms with Crippen LogP contribution in [0.1, 0.15) is 17.4 Å². The molecule has 2 N–H and O–H groups in total. The van der Waals surface area contributed by atoms with E-state index < -0.39 is 0 Å². The molecule has 9 heteroatoms. The lowest BCUT2D eigenvalue weighted by atomic mass is 10.0. The van der Waals surface area contributed by atoms with Crippen molar-refractivity contribution >= 4 is 17.7 Å². The highest BCUT2D eigenvalue weighted by atomic mass is 32.2. The number of hydrogen-bond acceptors (Lipinski definition) is 7. The number of carbonyl (C=O) groups is 1. The second-order valence-corrected chi connectivity index (χ2v) is 6.68. The molecule has 25 heavy (non-hydrogen) atoms. The van der Waals surface area contributed by atoms with Gasteiger partial charge in [-0.15, -0.1) is 10.2 Å². The number of aromatic nitrogens is 3. The van der Waals surface area contributed by atoms with Gasteiger partial charge in [-0.3, -0.25) is 4.79 Å². The molecular formula is C16H21N5O3S. The Morgan fingerprint density at radius 3 is 2.76 bits per heavy atom. The van der Waals surface area contributed by atoms with Crippen LogP contribution in [0.5, 0.6) is 5.75 Å². The number of rotatable bonds is 6.